The number of hydrogen-bond acceptors (Lipinski definition) is 3. The summed E-state index contributed by atoms with van der Waals surface area (Å²) in [6.45, 7) is 11.3. The van der Waals surface area contributed by atoms with E-state index in [9.17, 15) is 4.79 Å². The first-order chi connectivity index (χ1) is 14.7. The molecule has 5 heteroatoms. The van der Waals surface area contributed by atoms with E-state index in [2.05, 4.69) is 84.7 Å². The van der Waals surface area contributed by atoms with Gasteiger partial charge >= 0.3 is 6.03 Å². The molecule has 0 aromatic heterocycles. The van der Waals surface area contributed by atoms with Crippen molar-refractivity contribution in [3.05, 3.63) is 35.9 Å². The molecule has 31 heavy (non-hydrogen) atoms. The maximum atomic E-state index is 13.6. The van der Waals surface area contributed by atoms with Crippen LogP contribution in [0.3, 0.4) is 0 Å². The Morgan fingerprint density at radius 3 is 2.32 bits per heavy atom. The molecular formula is C26H40N4O. The summed E-state index contributed by atoms with van der Waals surface area (Å²) in [5.41, 5.74) is 1.40. The van der Waals surface area contributed by atoms with Crippen LogP contribution in [-0.4, -0.2) is 73.3 Å². The first-order valence-corrected chi connectivity index (χ1v) is 11.9. The maximum Gasteiger partial charge on any atom is 0.320 e. The second-order valence-electron chi connectivity index (χ2n) is 11.3. The van der Waals surface area contributed by atoms with E-state index in [-0.39, 0.29) is 22.5 Å². The van der Waals surface area contributed by atoms with Crippen molar-refractivity contribution >= 4 is 12.7 Å². The Hall–Kier alpha value is -1.88. The molecule has 2 amide bonds. The van der Waals surface area contributed by atoms with Crippen LogP contribution in [0.25, 0.3) is 0 Å². The number of carbonyl (C=O) groups is 1. The van der Waals surface area contributed by atoms with Crippen molar-refractivity contribution in [1.29, 1.82) is 0 Å². The van der Waals surface area contributed by atoms with E-state index < -0.39 is 0 Å². The van der Waals surface area contributed by atoms with Crippen LogP contribution >= 0.6 is 0 Å². The number of amides is 2. The van der Waals surface area contributed by atoms with Crippen molar-refractivity contribution in [1.82, 2.24) is 14.7 Å². The molecule has 1 spiro atoms. The lowest BCUT2D eigenvalue weighted by Crippen LogP contribution is -2.55. The minimum Gasteiger partial charge on any atom is -0.322 e. The highest BCUT2D eigenvalue weighted by atomic mass is 16.2. The molecule has 5 nitrogen and oxygen atoms in total. The Bertz CT molecular complexity index is 791. The molecule has 2 aliphatic carbocycles. The van der Waals surface area contributed by atoms with Crippen molar-refractivity contribution in [2.75, 3.05) is 40.3 Å². The third kappa shape index (κ3) is 4.26. The molecule has 170 valence electrons. The molecule has 3 fully saturated rings. The fraction of sp³-hybridized carbons (Fsp3) is 0.692. The number of carbonyl (C=O) groups excluding carboxylic acids is 1. The van der Waals surface area contributed by atoms with Crippen LogP contribution in [-0.2, 0) is 5.54 Å². The normalized spacial score (nSPS) is 29.3. The monoisotopic (exact) mass is 424 g/mol. The van der Waals surface area contributed by atoms with Gasteiger partial charge in [-0.05, 0) is 70.8 Å². The Labute approximate surface area is 188 Å². The smallest absolute Gasteiger partial charge is 0.320 e. The lowest BCUT2D eigenvalue weighted by Gasteiger charge is -2.51. The Morgan fingerprint density at radius 2 is 1.77 bits per heavy atom. The van der Waals surface area contributed by atoms with Crippen molar-refractivity contribution in [2.24, 2.45) is 16.3 Å². The number of rotatable bonds is 8. The van der Waals surface area contributed by atoms with E-state index in [1.165, 1.54) is 18.4 Å². The molecule has 4 rings (SSSR count). The van der Waals surface area contributed by atoms with Gasteiger partial charge in [0, 0.05) is 37.1 Å². The van der Waals surface area contributed by atoms with E-state index in [4.69, 9.17) is 0 Å². The van der Waals surface area contributed by atoms with Gasteiger partial charge in [-0.15, -0.1) is 0 Å². The van der Waals surface area contributed by atoms with Crippen LogP contribution in [0, 0.1) is 11.3 Å². The highest BCUT2D eigenvalue weighted by molar-refractivity contribution is 5.78. The molecule has 1 aromatic carbocycles. The van der Waals surface area contributed by atoms with Crippen LogP contribution in [0.5, 0.6) is 0 Å². The maximum absolute atomic E-state index is 13.6. The summed E-state index contributed by atoms with van der Waals surface area (Å²) in [6, 6.07) is 11.2. The Balaban J connectivity index is 1.57. The van der Waals surface area contributed by atoms with Crippen LogP contribution in [0.15, 0.2) is 35.3 Å². The first kappa shape index (κ1) is 22.3. The first-order valence-electron chi connectivity index (χ1n) is 11.9. The van der Waals surface area contributed by atoms with E-state index in [0.29, 0.717) is 12.5 Å². The molecular weight excluding hydrogens is 384 g/mol. The molecule has 1 aliphatic heterocycles. The summed E-state index contributed by atoms with van der Waals surface area (Å²) in [5, 5.41) is 0. The van der Waals surface area contributed by atoms with E-state index >= 15 is 0 Å². The SMILES string of the molecule is C=NCC(C)(C)CN1C[C@]2(CC[C@@](c3ccccc3)(N(C)C)CC2)N(CC2CC2)C1=O. The van der Waals surface area contributed by atoms with Gasteiger partial charge in [-0.1, -0.05) is 44.2 Å². The standard InChI is InChI=1S/C26H40N4O/c1-24(2,18-27-3)19-29-20-25(30(23(29)31)17-21-11-12-21)13-15-26(16-14-25,28(4)5)22-9-7-6-8-10-22/h6-10,21H,3,11-20H2,1-2,4-5H3/t25-,26-. The van der Waals surface area contributed by atoms with Gasteiger partial charge in [-0.2, -0.15) is 0 Å². The summed E-state index contributed by atoms with van der Waals surface area (Å²) in [7, 11) is 4.42. The zero-order valence-electron chi connectivity index (χ0n) is 19.9. The third-order valence-electron chi connectivity index (χ3n) is 8.03. The van der Waals surface area contributed by atoms with Crippen LogP contribution < -0.4 is 0 Å². The van der Waals surface area contributed by atoms with E-state index in [0.717, 1.165) is 45.3 Å². The highest BCUT2D eigenvalue weighted by Crippen LogP contribution is 2.50. The number of hydrogen-bond donors (Lipinski definition) is 0. The van der Waals surface area contributed by atoms with Crippen LogP contribution in [0.4, 0.5) is 4.79 Å². The van der Waals surface area contributed by atoms with Gasteiger partial charge in [-0.25, -0.2) is 4.79 Å². The molecule has 0 atom stereocenters. The van der Waals surface area contributed by atoms with Gasteiger partial charge in [0.2, 0.25) is 0 Å². The topological polar surface area (TPSA) is 39.1 Å². The van der Waals surface area contributed by atoms with E-state index in [1.54, 1.807) is 0 Å². The van der Waals surface area contributed by atoms with Crippen molar-refractivity contribution in [2.45, 2.75) is 63.5 Å². The van der Waals surface area contributed by atoms with Gasteiger partial charge in [0.1, 0.15) is 0 Å². The molecule has 0 bridgehead atoms. The average Bonchev–Trinajstić information content (AvgIpc) is 3.52. The van der Waals surface area contributed by atoms with Gasteiger partial charge < -0.3 is 14.8 Å². The van der Waals surface area contributed by atoms with Gasteiger partial charge in [0.15, 0.2) is 0 Å². The molecule has 1 aromatic rings. The van der Waals surface area contributed by atoms with Crippen molar-refractivity contribution in [3.8, 4) is 0 Å². The predicted octanol–water partition coefficient (Wildman–Crippen LogP) is 4.63. The number of nitrogens with zero attached hydrogens (tertiary/aromatic N) is 4. The third-order valence-corrected chi connectivity index (χ3v) is 8.03. The quantitative estimate of drug-likeness (QED) is 0.571. The van der Waals surface area contributed by atoms with Crippen molar-refractivity contribution < 1.29 is 4.79 Å². The molecule has 0 N–H and O–H groups in total. The predicted molar refractivity (Wildman–Crippen MR) is 128 cm³/mol. The van der Waals surface area contributed by atoms with Gasteiger partial charge in [0.25, 0.3) is 0 Å². The van der Waals surface area contributed by atoms with Crippen molar-refractivity contribution in [3.63, 3.8) is 0 Å². The van der Waals surface area contributed by atoms with Crippen LogP contribution in [0.2, 0.25) is 0 Å². The summed E-state index contributed by atoms with van der Waals surface area (Å²) >= 11 is 0. The summed E-state index contributed by atoms with van der Waals surface area (Å²) in [4.78, 5) is 24.5. The number of urea groups is 1. The molecule has 0 radical (unpaired) electrons. The lowest BCUT2D eigenvalue weighted by molar-refractivity contribution is 0.0229. The molecule has 2 saturated carbocycles. The lowest BCUT2D eigenvalue weighted by atomic mass is 9.68. The summed E-state index contributed by atoms with van der Waals surface area (Å²) in [5.74, 6) is 0.707. The zero-order chi connectivity index (χ0) is 22.3. The molecule has 3 aliphatic rings. The minimum absolute atomic E-state index is 0.0222. The van der Waals surface area contributed by atoms with Gasteiger partial charge in [-0.3, -0.25) is 4.90 Å². The summed E-state index contributed by atoms with van der Waals surface area (Å²) in [6.07, 6.45) is 6.85. The average molecular weight is 425 g/mol. The fourth-order valence-electron chi connectivity index (χ4n) is 6.00. The minimum atomic E-state index is -0.0414. The molecule has 1 saturated heterocycles. The van der Waals surface area contributed by atoms with Crippen LogP contribution in [0.1, 0.15) is 57.9 Å². The second kappa shape index (κ2) is 8.23. The highest BCUT2D eigenvalue weighted by Gasteiger charge is 2.55. The summed E-state index contributed by atoms with van der Waals surface area (Å²) < 4.78 is 0. The Morgan fingerprint density at radius 1 is 1.13 bits per heavy atom. The zero-order valence-corrected chi connectivity index (χ0v) is 19.9. The van der Waals surface area contributed by atoms with E-state index in [1.807, 2.05) is 0 Å². The Kier molecular flexibility index (Phi) is 5.93. The largest absolute Gasteiger partial charge is 0.322 e. The number of aliphatic imine (C=N–C) groups is 1. The molecule has 1 heterocycles. The fourth-order valence-corrected chi connectivity index (χ4v) is 6.00. The van der Waals surface area contributed by atoms with Gasteiger partial charge in [0.05, 0.1) is 5.54 Å². The number of benzene rings is 1. The second-order valence-corrected chi connectivity index (χ2v) is 11.3. The molecule has 0 unspecified atom stereocenters.